The number of hydrogen-bond donors (Lipinski definition) is 3. The number of alkyl halides is 3. The molecule has 0 spiro atoms. The molecule has 2 fully saturated rings. The first-order chi connectivity index (χ1) is 22.0. The van der Waals surface area contributed by atoms with E-state index < -0.39 is 48.2 Å². The van der Waals surface area contributed by atoms with Crippen LogP contribution >= 0.6 is 0 Å². The van der Waals surface area contributed by atoms with Gasteiger partial charge in [-0.3, -0.25) is 19.1 Å². The molecule has 2 unspecified atom stereocenters. The second-order valence-corrected chi connectivity index (χ2v) is 13.0. The summed E-state index contributed by atoms with van der Waals surface area (Å²) in [6.45, 7) is 5.42. The highest BCUT2D eigenvalue weighted by atomic mass is 19.3. The van der Waals surface area contributed by atoms with Crippen molar-refractivity contribution in [1.82, 2.24) is 20.4 Å². The molecule has 3 amide bonds. The Morgan fingerprint density at radius 2 is 1.50 bits per heavy atom. The lowest BCUT2D eigenvalue weighted by molar-refractivity contribution is -0.126. The summed E-state index contributed by atoms with van der Waals surface area (Å²) in [5, 5.41) is 11.7. The molecule has 0 aliphatic heterocycles. The monoisotopic (exact) mass is 649 g/mol. The summed E-state index contributed by atoms with van der Waals surface area (Å²) < 4.78 is 55.9. The number of rotatable bonds is 13. The third-order valence-corrected chi connectivity index (χ3v) is 9.61. The van der Waals surface area contributed by atoms with Crippen LogP contribution in [0.4, 0.5) is 23.2 Å². The molecule has 3 atom stereocenters. The van der Waals surface area contributed by atoms with Crippen LogP contribution < -0.4 is 16.0 Å². The van der Waals surface area contributed by atoms with Crippen LogP contribution in [-0.2, 0) is 9.59 Å². The van der Waals surface area contributed by atoms with E-state index in [1.807, 2.05) is 13.8 Å². The number of nitrogens with one attached hydrogen (secondary N) is 3. The number of benzene rings is 1. The minimum atomic E-state index is -3.39. The van der Waals surface area contributed by atoms with Crippen LogP contribution in [0.2, 0.25) is 0 Å². The van der Waals surface area contributed by atoms with Gasteiger partial charge in [-0.25, -0.2) is 17.6 Å². The molecule has 46 heavy (non-hydrogen) atoms. The molecule has 2 aromatic rings. The van der Waals surface area contributed by atoms with Gasteiger partial charge < -0.3 is 16.0 Å². The molecule has 12 heteroatoms. The van der Waals surface area contributed by atoms with Crippen LogP contribution in [-0.4, -0.2) is 46.3 Å². The van der Waals surface area contributed by atoms with Gasteiger partial charge in [0.1, 0.15) is 17.6 Å². The second kappa shape index (κ2) is 16.4. The van der Waals surface area contributed by atoms with E-state index in [0.717, 1.165) is 70.3 Å². The summed E-state index contributed by atoms with van der Waals surface area (Å²) in [4.78, 5) is 40.4. The van der Waals surface area contributed by atoms with Crippen molar-refractivity contribution in [1.29, 1.82) is 0 Å². The molecule has 1 heterocycles. The number of nitrogens with zero attached hydrogens (tertiary/aromatic N) is 2. The molecule has 0 bridgehead atoms. The van der Waals surface area contributed by atoms with Crippen molar-refractivity contribution in [3.05, 3.63) is 47.5 Å². The summed E-state index contributed by atoms with van der Waals surface area (Å²) in [6.07, 6.45) is 5.75. The van der Waals surface area contributed by atoms with Crippen molar-refractivity contribution in [2.24, 2.45) is 17.8 Å². The topological polar surface area (TPSA) is 105 Å². The SMILES string of the molecule is CCC(C(=O)NC(F)C(F)F)c1ccc(NC(=O)[C@@H](NC(=O)c2ccnn2C(C)C)C(C2CCCCC2)C2CCCCC2)c(F)c1. The van der Waals surface area contributed by atoms with E-state index in [9.17, 15) is 27.6 Å². The number of aromatic nitrogens is 2. The first-order valence-electron chi connectivity index (χ1n) is 16.7. The van der Waals surface area contributed by atoms with Gasteiger partial charge in [-0.05, 0) is 61.8 Å². The van der Waals surface area contributed by atoms with Gasteiger partial charge in [-0.2, -0.15) is 5.10 Å². The summed E-state index contributed by atoms with van der Waals surface area (Å²) in [5.74, 6) is -3.53. The van der Waals surface area contributed by atoms with Crippen molar-refractivity contribution >= 4 is 23.4 Å². The van der Waals surface area contributed by atoms with E-state index in [4.69, 9.17) is 0 Å². The standard InChI is InChI=1S/C34H47F4N5O3/c1-4-24(32(44)42-31(38)30(36)37)23-15-16-26(25(35)19-23)40-34(46)29(41-33(45)27-17-18-39-43(27)20(2)3)28(21-11-7-5-8-12-21)22-13-9-6-10-14-22/h15-22,24,28-31H,4-14H2,1-3H3,(H,40,46)(H,41,45)(H,42,44)/t24?,29-,31?/m0/s1. The average molecular weight is 650 g/mol. The van der Waals surface area contributed by atoms with E-state index in [2.05, 4.69) is 15.7 Å². The van der Waals surface area contributed by atoms with E-state index in [1.54, 1.807) is 29.2 Å². The second-order valence-electron chi connectivity index (χ2n) is 13.0. The Kier molecular flexibility index (Phi) is 12.6. The predicted molar refractivity (Wildman–Crippen MR) is 168 cm³/mol. The molecule has 0 radical (unpaired) electrons. The van der Waals surface area contributed by atoms with Gasteiger partial charge in [0.25, 0.3) is 12.3 Å². The van der Waals surface area contributed by atoms with Crippen LogP contribution in [0, 0.1) is 23.6 Å². The first kappa shape index (κ1) is 35.4. The van der Waals surface area contributed by atoms with Crippen LogP contribution in [0.15, 0.2) is 30.5 Å². The third kappa shape index (κ3) is 8.67. The molecular formula is C34H47F4N5O3. The Hall–Kier alpha value is -3.44. The van der Waals surface area contributed by atoms with Crippen LogP contribution in [0.1, 0.15) is 119 Å². The average Bonchev–Trinajstić information content (AvgIpc) is 3.54. The van der Waals surface area contributed by atoms with Crippen LogP contribution in [0.25, 0.3) is 0 Å². The first-order valence-corrected chi connectivity index (χ1v) is 16.7. The van der Waals surface area contributed by atoms with E-state index in [-0.39, 0.29) is 41.5 Å². The summed E-state index contributed by atoms with van der Waals surface area (Å²) in [6, 6.07) is 4.37. The maximum absolute atomic E-state index is 15.5. The number of carbonyl (C=O) groups excluding carboxylic acids is 3. The lowest BCUT2D eigenvalue weighted by Gasteiger charge is -2.42. The highest BCUT2D eigenvalue weighted by Crippen LogP contribution is 2.42. The van der Waals surface area contributed by atoms with Gasteiger partial charge in [0.2, 0.25) is 18.1 Å². The van der Waals surface area contributed by atoms with Crippen LogP contribution in [0.3, 0.4) is 0 Å². The fraction of sp³-hybridized carbons (Fsp3) is 0.647. The normalized spacial score (nSPS) is 18.4. The third-order valence-electron chi connectivity index (χ3n) is 9.61. The molecule has 4 rings (SSSR count). The summed E-state index contributed by atoms with van der Waals surface area (Å²) in [5.41, 5.74) is 0.351. The molecule has 2 saturated carbocycles. The zero-order valence-electron chi connectivity index (χ0n) is 26.9. The van der Waals surface area contributed by atoms with E-state index in [0.29, 0.717) is 5.69 Å². The quantitative estimate of drug-likeness (QED) is 0.157. The van der Waals surface area contributed by atoms with Gasteiger partial charge in [-0.1, -0.05) is 77.2 Å². The highest BCUT2D eigenvalue weighted by Gasteiger charge is 2.41. The lowest BCUT2D eigenvalue weighted by Crippen LogP contribution is -2.53. The molecule has 1 aromatic carbocycles. The van der Waals surface area contributed by atoms with Gasteiger partial charge in [0.15, 0.2) is 0 Å². The molecule has 2 aliphatic rings. The smallest absolute Gasteiger partial charge is 0.287 e. The minimum absolute atomic E-state index is 0.0803. The Bertz CT molecular complexity index is 1310. The Labute approximate surface area is 268 Å². The molecule has 8 nitrogen and oxygen atoms in total. The maximum Gasteiger partial charge on any atom is 0.287 e. The number of amides is 3. The Balaban J connectivity index is 1.63. The summed E-state index contributed by atoms with van der Waals surface area (Å²) >= 11 is 0. The van der Waals surface area contributed by atoms with Crippen LogP contribution in [0.5, 0.6) is 0 Å². The van der Waals surface area contributed by atoms with Crippen molar-refractivity contribution in [2.75, 3.05) is 5.32 Å². The van der Waals surface area contributed by atoms with Crippen molar-refractivity contribution in [2.45, 2.75) is 122 Å². The van der Waals surface area contributed by atoms with E-state index >= 15 is 4.39 Å². The van der Waals surface area contributed by atoms with Crippen molar-refractivity contribution in [3.63, 3.8) is 0 Å². The molecular weight excluding hydrogens is 602 g/mol. The Morgan fingerprint density at radius 3 is 2.02 bits per heavy atom. The lowest BCUT2D eigenvalue weighted by atomic mass is 9.66. The zero-order valence-corrected chi connectivity index (χ0v) is 26.9. The number of halogens is 4. The largest absolute Gasteiger partial charge is 0.339 e. The minimum Gasteiger partial charge on any atom is -0.339 e. The molecule has 254 valence electrons. The summed E-state index contributed by atoms with van der Waals surface area (Å²) in [7, 11) is 0. The number of carbonyl (C=O) groups is 3. The highest BCUT2D eigenvalue weighted by molar-refractivity contribution is 6.01. The number of anilines is 1. The number of hydrogen-bond acceptors (Lipinski definition) is 4. The van der Waals surface area contributed by atoms with Gasteiger partial charge >= 0.3 is 0 Å². The molecule has 2 aliphatic carbocycles. The van der Waals surface area contributed by atoms with Gasteiger partial charge in [0.05, 0.1) is 11.6 Å². The fourth-order valence-corrected chi connectivity index (χ4v) is 7.36. The van der Waals surface area contributed by atoms with Crippen molar-refractivity contribution < 1.29 is 31.9 Å². The fourth-order valence-electron chi connectivity index (χ4n) is 7.36. The zero-order chi connectivity index (χ0) is 33.4. The van der Waals surface area contributed by atoms with Crippen molar-refractivity contribution in [3.8, 4) is 0 Å². The maximum atomic E-state index is 15.5. The molecule has 0 saturated heterocycles. The Morgan fingerprint density at radius 1 is 0.891 bits per heavy atom. The van der Waals surface area contributed by atoms with Gasteiger partial charge in [-0.15, -0.1) is 0 Å². The van der Waals surface area contributed by atoms with Gasteiger partial charge in [0, 0.05) is 12.2 Å². The van der Waals surface area contributed by atoms with E-state index in [1.165, 1.54) is 12.1 Å². The predicted octanol–water partition coefficient (Wildman–Crippen LogP) is 7.29. The molecule has 1 aromatic heterocycles. The molecule has 3 N–H and O–H groups in total.